The molecular formula is C43H26N4. The summed E-state index contributed by atoms with van der Waals surface area (Å²) in [6.45, 7) is 0. The lowest BCUT2D eigenvalue weighted by Gasteiger charge is -2.15. The van der Waals surface area contributed by atoms with Gasteiger partial charge in [0.15, 0.2) is 0 Å². The van der Waals surface area contributed by atoms with E-state index in [0.29, 0.717) is 5.56 Å². The van der Waals surface area contributed by atoms with Crippen molar-refractivity contribution in [2.24, 2.45) is 0 Å². The number of nitriles is 1. The van der Waals surface area contributed by atoms with Crippen molar-refractivity contribution in [3.63, 3.8) is 0 Å². The molecule has 0 saturated heterocycles. The predicted octanol–water partition coefficient (Wildman–Crippen LogP) is 10.8. The summed E-state index contributed by atoms with van der Waals surface area (Å²) in [5.41, 5.74) is 10.6. The van der Waals surface area contributed by atoms with Gasteiger partial charge in [0.1, 0.15) is 0 Å². The second-order valence-electron chi connectivity index (χ2n) is 12.1. The number of aromatic nitrogens is 3. The Morgan fingerprint density at radius 2 is 0.872 bits per heavy atom. The first-order chi connectivity index (χ1) is 23.3. The van der Waals surface area contributed by atoms with Crippen molar-refractivity contribution in [1.29, 1.82) is 5.26 Å². The van der Waals surface area contributed by atoms with Crippen LogP contribution in [0.3, 0.4) is 0 Å². The molecule has 47 heavy (non-hydrogen) atoms. The smallest absolute Gasteiger partial charge is 0.0999 e. The topological polar surface area (TPSA) is 38.6 Å². The van der Waals surface area contributed by atoms with Crippen LogP contribution in [0.25, 0.3) is 82.5 Å². The van der Waals surface area contributed by atoms with Gasteiger partial charge in [-0.05, 0) is 60.7 Å². The summed E-state index contributed by atoms with van der Waals surface area (Å²) in [5, 5.41) is 17.3. The fraction of sp³-hybridized carbons (Fsp3) is 0. The summed E-state index contributed by atoms with van der Waals surface area (Å²) in [6, 6.07) is 58.1. The van der Waals surface area contributed by atoms with Gasteiger partial charge in [0.2, 0.25) is 0 Å². The monoisotopic (exact) mass is 598 g/mol. The minimum atomic E-state index is 0.669. The van der Waals surface area contributed by atoms with Gasteiger partial charge in [-0.2, -0.15) is 5.26 Å². The van der Waals surface area contributed by atoms with Gasteiger partial charge in [-0.25, -0.2) is 0 Å². The number of hydrogen-bond acceptors (Lipinski definition) is 1. The van der Waals surface area contributed by atoms with Crippen molar-refractivity contribution >= 4 is 65.4 Å². The average molecular weight is 599 g/mol. The third-order valence-electron chi connectivity index (χ3n) is 9.65. The molecule has 3 aromatic heterocycles. The Morgan fingerprint density at radius 3 is 1.51 bits per heavy atom. The Labute approximate surface area is 270 Å². The molecule has 7 aromatic carbocycles. The van der Waals surface area contributed by atoms with E-state index in [-0.39, 0.29) is 0 Å². The van der Waals surface area contributed by atoms with Crippen LogP contribution in [0.4, 0.5) is 0 Å². The first kappa shape index (κ1) is 25.7. The van der Waals surface area contributed by atoms with Gasteiger partial charge in [-0.1, -0.05) is 97.1 Å². The largest absolute Gasteiger partial charge is 0.309 e. The highest BCUT2D eigenvalue weighted by atomic mass is 15.1. The van der Waals surface area contributed by atoms with E-state index in [9.17, 15) is 5.26 Å². The normalized spacial score (nSPS) is 11.8. The molecule has 0 unspecified atom stereocenters. The van der Waals surface area contributed by atoms with Crippen molar-refractivity contribution in [3.8, 4) is 23.1 Å². The van der Waals surface area contributed by atoms with E-state index in [0.717, 1.165) is 49.9 Å². The molecule has 0 aliphatic carbocycles. The minimum absolute atomic E-state index is 0.669. The number of hydrogen-bond donors (Lipinski definition) is 0. The molecule has 4 nitrogen and oxygen atoms in total. The van der Waals surface area contributed by atoms with E-state index in [1.54, 1.807) is 0 Å². The molecule has 0 fully saturated rings. The molecule has 0 amide bonds. The van der Waals surface area contributed by atoms with Crippen LogP contribution in [-0.4, -0.2) is 13.7 Å². The van der Waals surface area contributed by atoms with E-state index >= 15 is 0 Å². The van der Waals surface area contributed by atoms with Gasteiger partial charge in [0.25, 0.3) is 0 Å². The summed E-state index contributed by atoms with van der Waals surface area (Å²) in [4.78, 5) is 0. The lowest BCUT2D eigenvalue weighted by molar-refractivity contribution is 1.13. The highest BCUT2D eigenvalue weighted by Gasteiger charge is 2.24. The standard InChI is InChI=1S/C43H26N4/c44-27-28-23-25-39(43-40(28)33-18-8-11-21-36(33)46(43)30-15-5-2-6-16-30)47-37-22-12-9-19-34(37)41-38(47)26-24-32-31-17-7-10-20-35(31)45(42(32)41)29-13-3-1-4-14-29/h1-26H. The molecule has 0 atom stereocenters. The van der Waals surface area contributed by atoms with E-state index in [2.05, 4.69) is 165 Å². The van der Waals surface area contributed by atoms with Crippen LogP contribution in [0.15, 0.2) is 158 Å². The fourth-order valence-electron chi connectivity index (χ4n) is 7.81. The van der Waals surface area contributed by atoms with Crippen LogP contribution < -0.4 is 0 Å². The number of para-hydroxylation sites is 5. The molecule has 0 bridgehead atoms. The Morgan fingerprint density at radius 1 is 0.362 bits per heavy atom. The van der Waals surface area contributed by atoms with Gasteiger partial charge in [-0.15, -0.1) is 0 Å². The van der Waals surface area contributed by atoms with E-state index in [1.165, 1.54) is 32.6 Å². The molecule has 0 aliphatic heterocycles. The lowest BCUT2D eigenvalue weighted by atomic mass is 10.1. The van der Waals surface area contributed by atoms with Crippen LogP contribution >= 0.6 is 0 Å². The molecule has 4 heteroatoms. The maximum absolute atomic E-state index is 10.4. The summed E-state index contributed by atoms with van der Waals surface area (Å²) < 4.78 is 7.14. The number of rotatable bonds is 3. The number of nitrogens with zero attached hydrogens (tertiary/aromatic N) is 4. The summed E-state index contributed by atoms with van der Waals surface area (Å²) >= 11 is 0. The van der Waals surface area contributed by atoms with Crippen molar-refractivity contribution in [2.75, 3.05) is 0 Å². The highest BCUT2D eigenvalue weighted by Crippen LogP contribution is 2.44. The second kappa shape index (κ2) is 9.71. The Bertz CT molecular complexity index is 2900. The molecule has 0 N–H and O–H groups in total. The predicted molar refractivity (Wildman–Crippen MR) is 194 cm³/mol. The molecule has 0 radical (unpaired) electrons. The van der Waals surface area contributed by atoms with Crippen molar-refractivity contribution in [2.45, 2.75) is 0 Å². The van der Waals surface area contributed by atoms with Crippen LogP contribution in [0.5, 0.6) is 0 Å². The maximum atomic E-state index is 10.4. The third-order valence-corrected chi connectivity index (χ3v) is 9.65. The van der Waals surface area contributed by atoms with Crippen molar-refractivity contribution < 1.29 is 0 Å². The molecule has 10 rings (SSSR count). The summed E-state index contributed by atoms with van der Waals surface area (Å²) in [7, 11) is 0. The number of benzene rings is 7. The molecule has 218 valence electrons. The van der Waals surface area contributed by atoms with E-state index in [1.807, 2.05) is 12.1 Å². The van der Waals surface area contributed by atoms with E-state index < -0.39 is 0 Å². The molecule has 0 spiro atoms. The first-order valence-corrected chi connectivity index (χ1v) is 15.9. The number of fused-ring (bicyclic) bond motifs is 10. The fourth-order valence-corrected chi connectivity index (χ4v) is 7.81. The first-order valence-electron chi connectivity index (χ1n) is 15.9. The van der Waals surface area contributed by atoms with Crippen LogP contribution in [0, 0.1) is 11.3 Å². The minimum Gasteiger partial charge on any atom is -0.309 e. The van der Waals surface area contributed by atoms with Crippen molar-refractivity contribution in [3.05, 3.63) is 163 Å². The van der Waals surface area contributed by atoms with Crippen LogP contribution in [-0.2, 0) is 0 Å². The average Bonchev–Trinajstić information content (AvgIpc) is 3.78. The van der Waals surface area contributed by atoms with E-state index in [4.69, 9.17) is 0 Å². The van der Waals surface area contributed by atoms with Crippen LogP contribution in [0.1, 0.15) is 5.56 Å². The quantitative estimate of drug-likeness (QED) is 0.199. The maximum Gasteiger partial charge on any atom is 0.0999 e. The lowest BCUT2D eigenvalue weighted by Crippen LogP contribution is -2.01. The van der Waals surface area contributed by atoms with Crippen LogP contribution in [0.2, 0.25) is 0 Å². The Hall–Kier alpha value is -6.57. The van der Waals surface area contributed by atoms with Gasteiger partial charge < -0.3 is 13.7 Å². The van der Waals surface area contributed by atoms with Gasteiger partial charge in [0, 0.05) is 43.7 Å². The van der Waals surface area contributed by atoms with Gasteiger partial charge >= 0.3 is 0 Å². The zero-order valence-corrected chi connectivity index (χ0v) is 25.3. The second-order valence-corrected chi connectivity index (χ2v) is 12.1. The van der Waals surface area contributed by atoms with Crippen molar-refractivity contribution in [1.82, 2.24) is 13.7 Å². The summed E-state index contributed by atoms with van der Waals surface area (Å²) in [6.07, 6.45) is 0. The van der Waals surface area contributed by atoms with Gasteiger partial charge in [-0.3, -0.25) is 0 Å². The highest BCUT2D eigenvalue weighted by molar-refractivity contribution is 6.26. The molecule has 10 aromatic rings. The third kappa shape index (κ3) is 3.46. The molecule has 0 aliphatic rings. The zero-order chi connectivity index (χ0) is 31.1. The molecule has 0 saturated carbocycles. The molecule has 3 heterocycles. The zero-order valence-electron chi connectivity index (χ0n) is 25.3. The SMILES string of the molecule is N#Cc1ccc(-n2c3ccccc3c3c2ccc2c4ccccc4n(-c4ccccc4)c23)c2c1c1ccccc1n2-c1ccccc1. The Balaban J connectivity index is 1.44. The summed E-state index contributed by atoms with van der Waals surface area (Å²) in [5.74, 6) is 0. The Kier molecular flexibility index (Phi) is 5.32. The van der Waals surface area contributed by atoms with Gasteiger partial charge in [0.05, 0.1) is 50.4 Å². The molecular weight excluding hydrogens is 573 g/mol.